The first kappa shape index (κ1) is 26.5. The van der Waals surface area contributed by atoms with E-state index < -0.39 is 17.9 Å². The van der Waals surface area contributed by atoms with Crippen molar-refractivity contribution < 1.29 is 19.7 Å². The van der Waals surface area contributed by atoms with E-state index in [1.165, 1.54) is 0 Å². The molecule has 0 bridgehead atoms. The molecule has 35 heavy (non-hydrogen) atoms. The van der Waals surface area contributed by atoms with Gasteiger partial charge in [-0.15, -0.1) is 0 Å². The molecule has 186 valence electrons. The summed E-state index contributed by atoms with van der Waals surface area (Å²) in [5.74, 6) is -2.62. The van der Waals surface area contributed by atoms with Gasteiger partial charge in [0.1, 0.15) is 5.75 Å². The predicted molar refractivity (Wildman–Crippen MR) is 140 cm³/mol. The molecule has 1 amide bonds. The predicted octanol–water partition coefficient (Wildman–Crippen LogP) is 6.35. The number of amides is 1. The first-order chi connectivity index (χ1) is 16.9. The quantitative estimate of drug-likeness (QED) is 0.237. The van der Waals surface area contributed by atoms with Crippen LogP contribution in [0.1, 0.15) is 68.8 Å². The lowest BCUT2D eigenvalue weighted by Gasteiger charge is -2.40. The van der Waals surface area contributed by atoms with E-state index in [-0.39, 0.29) is 5.56 Å². The van der Waals surface area contributed by atoms with E-state index in [0.29, 0.717) is 24.3 Å². The summed E-state index contributed by atoms with van der Waals surface area (Å²) < 4.78 is 5.93. The van der Waals surface area contributed by atoms with Crippen molar-refractivity contribution in [2.45, 2.75) is 64.8 Å². The Morgan fingerprint density at radius 3 is 2.14 bits per heavy atom. The van der Waals surface area contributed by atoms with Gasteiger partial charge >= 0.3 is 0 Å². The highest BCUT2D eigenvalue weighted by atomic mass is 16.5. The Morgan fingerprint density at radius 2 is 1.49 bits per heavy atom. The Bertz CT molecular complexity index is 1060. The average molecular weight is 476 g/mol. The summed E-state index contributed by atoms with van der Waals surface area (Å²) in [5, 5.41) is 22.8. The summed E-state index contributed by atoms with van der Waals surface area (Å²) in [5.41, 5.74) is 2.58. The number of unbranched alkanes of at least 4 members (excludes halogenated alkanes) is 3. The van der Waals surface area contributed by atoms with E-state index in [1.807, 2.05) is 56.3 Å². The zero-order valence-corrected chi connectivity index (χ0v) is 21.0. The van der Waals surface area contributed by atoms with E-state index in [0.717, 1.165) is 41.7 Å². The number of carbonyl (C=O) groups excluding carboxylic acids is 1. The lowest BCUT2D eigenvalue weighted by Crippen LogP contribution is -2.53. The first-order valence-corrected chi connectivity index (χ1v) is 12.6. The van der Waals surface area contributed by atoms with Crippen LogP contribution < -0.4 is 4.74 Å². The summed E-state index contributed by atoms with van der Waals surface area (Å²) >= 11 is 0. The average Bonchev–Trinajstić information content (AvgIpc) is 2.89. The van der Waals surface area contributed by atoms with Gasteiger partial charge in [-0.05, 0) is 55.2 Å². The van der Waals surface area contributed by atoms with E-state index in [2.05, 4.69) is 6.92 Å². The maximum Gasteiger partial charge on any atom is 0.281 e. The van der Waals surface area contributed by atoms with Crippen molar-refractivity contribution in [2.75, 3.05) is 6.61 Å². The number of aliphatic hydroxyl groups is 2. The van der Waals surface area contributed by atoms with Gasteiger partial charge in [-0.2, -0.15) is 0 Å². The number of para-hydroxylation sites is 1. The number of hydrogen-bond acceptors (Lipinski definition) is 4. The van der Waals surface area contributed by atoms with Crippen LogP contribution >= 0.6 is 0 Å². The molecule has 0 aliphatic heterocycles. The SMILES string of the molecule is CCCCCCOc1ccccc1C(O)(O)N(C(=O)c1ccc(-c2ccccc2)cc1)C(C)CC. The van der Waals surface area contributed by atoms with Crippen molar-refractivity contribution in [3.05, 3.63) is 90.0 Å². The number of benzene rings is 3. The standard InChI is InChI=1S/C30H37NO4/c1-4-6-7-13-22-35-28-17-12-11-16-27(28)30(33,34)31(23(3)5-2)29(32)26-20-18-25(19-21-26)24-14-9-8-10-15-24/h8-12,14-21,23,33-34H,4-7,13,22H2,1-3H3. The molecule has 0 saturated carbocycles. The molecule has 1 atom stereocenters. The second-order valence-electron chi connectivity index (χ2n) is 8.92. The van der Waals surface area contributed by atoms with Gasteiger partial charge in [0, 0.05) is 11.6 Å². The number of nitrogens with zero attached hydrogens (tertiary/aromatic N) is 1. The molecule has 0 aromatic heterocycles. The molecule has 1 unspecified atom stereocenters. The highest BCUT2D eigenvalue weighted by Gasteiger charge is 2.42. The van der Waals surface area contributed by atoms with E-state index in [4.69, 9.17) is 4.74 Å². The third-order valence-corrected chi connectivity index (χ3v) is 6.33. The fourth-order valence-electron chi connectivity index (χ4n) is 4.12. The third kappa shape index (κ3) is 6.50. The van der Waals surface area contributed by atoms with Gasteiger partial charge in [0.15, 0.2) is 0 Å². The van der Waals surface area contributed by atoms with E-state index in [1.54, 1.807) is 36.4 Å². The van der Waals surface area contributed by atoms with Gasteiger partial charge in [-0.25, -0.2) is 0 Å². The summed E-state index contributed by atoms with van der Waals surface area (Å²) in [6, 6.07) is 23.5. The minimum atomic E-state index is -2.54. The smallest absolute Gasteiger partial charge is 0.281 e. The second-order valence-corrected chi connectivity index (χ2v) is 8.92. The lowest BCUT2D eigenvalue weighted by molar-refractivity contribution is -0.266. The van der Waals surface area contributed by atoms with Crippen molar-refractivity contribution in [1.82, 2.24) is 4.90 Å². The minimum Gasteiger partial charge on any atom is -0.493 e. The molecule has 0 spiro atoms. The van der Waals surface area contributed by atoms with Crippen LogP contribution in [0.15, 0.2) is 78.9 Å². The van der Waals surface area contributed by atoms with Gasteiger partial charge in [0.05, 0.1) is 12.2 Å². The molecule has 0 radical (unpaired) electrons. The zero-order valence-electron chi connectivity index (χ0n) is 21.0. The first-order valence-electron chi connectivity index (χ1n) is 12.6. The van der Waals surface area contributed by atoms with Crippen molar-refractivity contribution in [2.24, 2.45) is 0 Å². The van der Waals surface area contributed by atoms with Gasteiger partial charge in [0.25, 0.3) is 11.8 Å². The van der Waals surface area contributed by atoms with E-state index >= 15 is 0 Å². The van der Waals surface area contributed by atoms with Crippen LogP contribution in [0.4, 0.5) is 0 Å². The summed E-state index contributed by atoms with van der Waals surface area (Å²) in [6.45, 7) is 6.35. The van der Waals surface area contributed by atoms with Crippen LogP contribution in [0, 0.1) is 0 Å². The highest BCUT2D eigenvalue weighted by molar-refractivity contribution is 5.95. The number of ether oxygens (including phenoxy) is 1. The molecule has 5 heteroatoms. The second kappa shape index (κ2) is 12.5. The maximum atomic E-state index is 13.6. The largest absolute Gasteiger partial charge is 0.493 e. The topological polar surface area (TPSA) is 70.0 Å². The van der Waals surface area contributed by atoms with Gasteiger partial charge in [0.2, 0.25) is 0 Å². The Kier molecular flexibility index (Phi) is 9.47. The summed E-state index contributed by atoms with van der Waals surface area (Å²) in [7, 11) is 0. The summed E-state index contributed by atoms with van der Waals surface area (Å²) in [4.78, 5) is 14.8. The monoisotopic (exact) mass is 475 g/mol. The molecule has 3 rings (SSSR count). The Hall–Kier alpha value is -3.15. The summed E-state index contributed by atoms with van der Waals surface area (Å²) in [6.07, 6.45) is 4.75. The fourth-order valence-corrected chi connectivity index (χ4v) is 4.12. The zero-order chi connectivity index (χ0) is 25.3. The van der Waals surface area contributed by atoms with Gasteiger partial charge < -0.3 is 14.9 Å². The highest BCUT2D eigenvalue weighted by Crippen LogP contribution is 2.34. The molecule has 5 nitrogen and oxygen atoms in total. The number of rotatable bonds is 12. The number of carbonyl (C=O) groups is 1. The Morgan fingerprint density at radius 1 is 0.857 bits per heavy atom. The van der Waals surface area contributed by atoms with Gasteiger partial charge in [-0.3, -0.25) is 9.69 Å². The third-order valence-electron chi connectivity index (χ3n) is 6.33. The molecule has 3 aromatic carbocycles. The molecular formula is C30H37NO4. The van der Waals surface area contributed by atoms with Crippen molar-refractivity contribution >= 4 is 5.91 Å². The molecule has 3 aromatic rings. The van der Waals surface area contributed by atoms with E-state index in [9.17, 15) is 15.0 Å². The Labute approximate surface area is 209 Å². The van der Waals surface area contributed by atoms with Crippen LogP contribution in [-0.4, -0.2) is 33.7 Å². The normalized spacial score (nSPS) is 12.3. The lowest BCUT2D eigenvalue weighted by atomic mass is 10.0. The number of hydrogen-bond donors (Lipinski definition) is 2. The van der Waals surface area contributed by atoms with Crippen LogP contribution in [0.2, 0.25) is 0 Å². The molecule has 0 heterocycles. The van der Waals surface area contributed by atoms with Crippen molar-refractivity contribution in [3.8, 4) is 16.9 Å². The Balaban J connectivity index is 1.88. The molecule has 0 fully saturated rings. The fraction of sp³-hybridized carbons (Fsp3) is 0.367. The minimum absolute atomic E-state index is 0.157. The van der Waals surface area contributed by atoms with Crippen LogP contribution in [0.5, 0.6) is 5.75 Å². The molecule has 2 N–H and O–H groups in total. The van der Waals surface area contributed by atoms with Crippen LogP contribution in [-0.2, 0) is 5.91 Å². The van der Waals surface area contributed by atoms with Crippen molar-refractivity contribution in [1.29, 1.82) is 0 Å². The molecule has 0 aliphatic rings. The molecule has 0 aliphatic carbocycles. The maximum absolute atomic E-state index is 13.6. The molecular weight excluding hydrogens is 438 g/mol. The molecule has 0 saturated heterocycles. The van der Waals surface area contributed by atoms with Crippen LogP contribution in [0.25, 0.3) is 11.1 Å². The van der Waals surface area contributed by atoms with Crippen LogP contribution in [0.3, 0.4) is 0 Å². The van der Waals surface area contributed by atoms with Gasteiger partial charge in [-0.1, -0.05) is 87.7 Å². The van der Waals surface area contributed by atoms with Crippen molar-refractivity contribution in [3.63, 3.8) is 0 Å².